The third-order valence-electron chi connectivity index (χ3n) is 1.42. The molecular weight excluding hydrogens is 182 g/mol. The van der Waals surface area contributed by atoms with Gasteiger partial charge in [-0.25, -0.2) is 0 Å². The fourth-order valence-corrected chi connectivity index (χ4v) is 0.803. The second kappa shape index (κ2) is 5.54. The minimum absolute atomic E-state index is 0. The molecule has 62 valence electrons. The molecule has 3 N–H and O–H groups in total. The summed E-state index contributed by atoms with van der Waals surface area (Å²) >= 11 is 0. The molecule has 1 aromatic rings. The predicted molar refractivity (Wildman–Crippen MR) is 49.0 cm³/mol. The van der Waals surface area contributed by atoms with Crippen LogP contribution in [0, 0.1) is 0 Å². The van der Waals surface area contributed by atoms with Crippen LogP contribution in [0.25, 0.3) is 0 Å². The minimum Gasteiger partial charge on any atom is -1.00 e. The van der Waals surface area contributed by atoms with Crippen LogP contribution in [0.4, 0.5) is 0 Å². The molecule has 1 aromatic carbocycles. The summed E-state index contributed by atoms with van der Waals surface area (Å²) in [7, 11) is 0. The van der Waals surface area contributed by atoms with Gasteiger partial charge >= 0.3 is 43.7 Å². The molecule has 0 saturated carbocycles. The van der Waals surface area contributed by atoms with Gasteiger partial charge in [-0.2, -0.15) is 0 Å². The number of carbonyl (C=O) groups is 1. The number of benzene rings is 1. The molecule has 12 heavy (non-hydrogen) atoms. The molecule has 0 heterocycles. The van der Waals surface area contributed by atoms with Crippen LogP contribution in [-0.2, 0) is 4.79 Å². The number of rotatable bonds is 2. The Morgan fingerprint density at radius 3 is 2.33 bits per heavy atom. The van der Waals surface area contributed by atoms with E-state index in [1.165, 1.54) is 0 Å². The zero-order chi connectivity index (χ0) is 8.27. The third-order valence-corrected chi connectivity index (χ3v) is 1.42. The zero-order valence-electron chi connectivity index (χ0n) is 8.60. The molecule has 1 rings (SSSR count). The van der Waals surface area contributed by atoms with Crippen molar-refractivity contribution in [2.24, 2.45) is 5.73 Å². The van der Waals surface area contributed by atoms with Crippen molar-refractivity contribution in [2.75, 3.05) is 0 Å². The smallest absolute Gasteiger partial charge is 1.00 e. The summed E-state index contributed by atoms with van der Waals surface area (Å²) in [4.78, 5) is 10.4. The Balaban J connectivity index is -0.000000403. The maximum absolute atomic E-state index is 10.4. The summed E-state index contributed by atoms with van der Waals surface area (Å²) in [5.74, 6) is -1.00. The first-order valence-electron chi connectivity index (χ1n) is 3.25. The Kier molecular flexibility index (Phi) is 5.50. The van der Waals surface area contributed by atoms with Crippen LogP contribution in [0.15, 0.2) is 30.3 Å². The van der Waals surface area contributed by atoms with Gasteiger partial charge in [0.15, 0.2) is 0 Å². The first-order valence-corrected chi connectivity index (χ1v) is 3.25. The Bertz CT molecular complexity index is 259. The monoisotopic (exact) mass is 193 g/mol. The Morgan fingerprint density at radius 2 is 1.92 bits per heavy atom. The standard InChI is InChI=1S/C8H9NO2.Ca.2H/c9-7(8(10)11)6-4-2-1-3-5-6;;;/h1-5,7H,9H2,(H,10,11);;;/q;+2;2*-1. The number of hydrogen-bond acceptors (Lipinski definition) is 2. The second-order valence-corrected chi connectivity index (χ2v) is 2.23. The normalized spacial score (nSPS) is 11.4. The van der Waals surface area contributed by atoms with Crippen LogP contribution >= 0.6 is 0 Å². The van der Waals surface area contributed by atoms with Gasteiger partial charge in [0.1, 0.15) is 6.04 Å². The first-order chi connectivity index (χ1) is 5.22. The van der Waals surface area contributed by atoms with Gasteiger partial charge in [-0.15, -0.1) is 0 Å². The number of nitrogens with two attached hydrogens (primary N) is 1. The van der Waals surface area contributed by atoms with Crippen LogP contribution < -0.4 is 5.73 Å². The summed E-state index contributed by atoms with van der Waals surface area (Å²) in [5.41, 5.74) is 5.96. The van der Waals surface area contributed by atoms with Gasteiger partial charge in [-0.3, -0.25) is 4.79 Å². The van der Waals surface area contributed by atoms with Gasteiger partial charge in [0, 0.05) is 0 Å². The molecule has 0 aliphatic rings. The van der Waals surface area contributed by atoms with E-state index in [0.717, 1.165) is 0 Å². The van der Waals surface area contributed by atoms with Crippen molar-refractivity contribution >= 4 is 43.7 Å². The van der Waals surface area contributed by atoms with E-state index < -0.39 is 12.0 Å². The van der Waals surface area contributed by atoms with E-state index in [4.69, 9.17) is 10.8 Å². The topological polar surface area (TPSA) is 63.3 Å². The van der Waals surface area contributed by atoms with Crippen molar-refractivity contribution in [1.29, 1.82) is 0 Å². The quantitative estimate of drug-likeness (QED) is 0.677. The molecule has 0 amide bonds. The van der Waals surface area contributed by atoms with Crippen LogP contribution in [-0.4, -0.2) is 48.8 Å². The average Bonchev–Trinajstić information content (AvgIpc) is 2.05. The Morgan fingerprint density at radius 1 is 1.42 bits per heavy atom. The summed E-state index contributed by atoms with van der Waals surface area (Å²) in [6.07, 6.45) is 0. The molecule has 0 aliphatic heterocycles. The molecule has 0 aromatic heterocycles. The maximum Gasteiger partial charge on any atom is 2.00 e. The van der Waals surface area contributed by atoms with Gasteiger partial charge in [0.25, 0.3) is 0 Å². The molecule has 4 heteroatoms. The Labute approximate surface area is 104 Å². The SMILES string of the molecule is NC(C(=O)O)c1ccccc1.[Ca+2].[H-].[H-]. The fourth-order valence-electron chi connectivity index (χ4n) is 0.803. The molecule has 0 saturated heterocycles. The van der Waals surface area contributed by atoms with Crippen molar-refractivity contribution in [2.45, 2.75) is 6.04 Å². The zero-order valence-corrected chi connectivity index (χ0v) is 8.81. The van der Waals surface area contributed by atoms with Crippen molar-refractivity contribution in [3.8, 4) is 0 Å². The van der Waals surface area contributed by atoms with Gasteiger partial charge in [0.05, 0.1) is 0 Å². The van der Waals surface area contributed by atoms with Crippen molar-refractivity contribution in [3.05, 3.63) is 35.9 Å². The van der Waals surface area contributed by atoms with E-state index in [1.807, 2.05) is 6.07 Å². The summed E-state index contributed by atoms with van der Waals surface area (Å²) < 4.78 is 0. The summed E-state index contributed by atoms with van der Waals surface area (Å²) in [6, 6.07) is 7.82. The Hall–Kier alpha value is -0.0903. The van der Waals surface area contributed by atoms with Gasteiger partial charge in [-0.1, -0.05) is 30.3 Å². The van der Waals surface area contributed by atoms with E-state index in [0.29, 0.717) is 5.56 Å². The predicted octanol–water partition coefficient (Wildman–Crippen LogP) is 0.615. The number of carboxylic acid groups (broad SMARTS) is 1. The van der Waals surface area contributed by atoms with Gasteiger partial charge in [-0.05, 0) is 5.56 Å². The maximum atomic E-state index is 10.4. The molecule has 1 atom stereocenters. The largest absolute Gasteiger partial charge is 2.00 e. The molecule has 0 fully saturated rings. The fraction of sp³-hybridized carbons (Fsp3) is 0.125. The van der Waals surface area contributed by atoms with Crippen molar-refractivity contribution in [1.82, 2.24) is 0 Å². The van der Waals surface area contributed by atoms with E-state index >= 15 is 0 Å². The third kappa shape index (κ3) is 3.11. The molecule has 0 aliphatic carbocycles. The summed E-state index contributed by atoms with van der Waals surface area (Å²) in [6.45, 7) is 0. The molecule has 0 bridgehead atoms. The van der Waals surface area contributed by atoms with Gasteiger partial charge in [0.2, 0.25) is 0 Å². The molecule has 0 spiro atoms. The minimum atomic E-state index is -1.00. The number of aliphatic carboxylic acids is 1. The van der Waals surface area contributed by atoms with Crippen LogP contribution in [0.3, 0.4) is 0 Å². The van der Waals surface area contributed by atoms with Gasteiger partial charge < -0.3 is 13.7 Å². The van der Waals surface area contributed by atoms with Crippen LogP contribution in [0.5, 0.6) is 0 Å². The first kappa shape index (κ1) is 11.9. The van der Waals surface area contributed by atoms with Crippen molar-refractivity contribution in [3.63, 3.8) is 0 Å². The molecule has 0 radical (unpaired) electrons. The average molecular weight is 193 g/mol. The molecular formula is C8H11CaNO2. The molecule has 3 nitrogen and oxygen atoms in total. The van der Waals surface area contributed by atoms with E-state index in [2.05, 4.69) is 0 Å². The van der Waals surface area contributed by atoms with Crippen molar-refractivity contribution < 1.29 is 12.8 Å². The van der Waals surface area contributed by atoms with Crippen LogP contribution in [0.1, 0.15) is 14.5 Å². The number of hydrogen-bond donors (Lipinski definition) is 2. The van der Waals surface area contributed by atoms with E-state index in [-0.39, 0.29) is 40.6 Å². The number of carboxylic acids is 1. The molecule has 1 unspecified atom stereocenters. The van der Waals surface area contributed by atoms with E-state index in [9.17, 15) is 4.79 Å². The van der Waals surface area contributed by atoms with E-state index in [1.54, 1.807) is 24.3 Å². The van der Waals surface area contributed by atoms with Crippen LogP contribution in [0.2, 0.25) is 0 Å². The second-order valence-electron chi connectivity index (χ2n) is 2.23. The summed E-state index contributed by atoms with van der Waals surface area (Å²) in [5, 5.41) is 8.51.